The number of allylic oxidation sites excluding steroid dienone is 2. The maximum Gasteiger partial charge on any atom is 0.295 e. The molecule has 4 N–H and O–H groups in total. The molecule has 12 nitrogen and oxygen atoms in total. The van der Waals surface area contributed by atoms with Gasteiger partial charge < -0.3 is 0 Å². The van der Waals surface area contributed by atoms with E-state index in [1.165, 1.54) is 24.3 Å². The molecule has 6 rings (SSSR count). The Morgan fingerprint density at radius 3 is 1.17 bits per heavy atom. The van der Waals surface area contributed by atoms with Crippen molar-refractivity contribution in [3.05, 3.63) is 143 Å². The van der Waals surface area contributed by atoms with Crippen LogP contribution in [-0.4, -0.2) is 48.9 Å². The Bertz CT molecular complexity index is 2190. The summed E-state index contributed by atoms with van der Waals surface area (Å²) in [5, 5.41) is 8.15. The molecule has 2 aliphatic rings. The monoisotopic (exact) mass is 680 g/mol. The molecule has 0 aliphatic heterocycles. The molecule has 240 valence electrons. The third kappa shape index (κ3) is 6.82. The van der Waals surface area contributed by atoms with Gasteiger partial charge in [0.05, 0.1) is 11.4 Å². The fraction of sp³-hybridized carbons (Fsp3) is 0. The number of fused-ring (bicyclic) bond motifs is 2. The van der Waals surface area contributed by atoms with Crippen LogP contribution in [0.3, 0.4) is 0 Å². The summed E-state index contributed by atoms with van der Waals surface area (Å²) in [5.41, 5.74) is 8.33. The van der Waals surface area contributed by atoms with Crippen LogP contribution in [0.2, 0.25) is 0 Å². The molecule has 4 aromatic carbocycles. The Labute approximate surface area is 275 Å². The van der Waals surface area contributed by atoms with Crippen LogP contribution in [0.4, 0.5) is 11.4 Å². The largest absolute Gasteiger partial charge is 0.295 e. The minimum absolute atomic E-state index is 0.108. The minimum Gasteiger partial charge on any atom is -0.287 e. The zero-order valence-corrected chi connectivity index (χ0v) is 26.2. The number of hydrogen-bond acceptors (Lipinski definition) is 10. The van der Waals surface area contributed by atoms with Gasteiger partial charge in [-0.25, -0.2) is 0 Å². The number of rotatable bonds is 8. The number of nitrogens with one attached hydrogen (secondary N) is 2. The van der Waals surface area contributed by atoms with E-state index in [1.54, 1.807) is 72.8 Å². The molecule has 0 spiro atoms. The second kappa shape index (κ2) is 12.8. The maximum absolute atomic E-state index is 12.9. The van der Waals surface area contributed by atoms with Crippen molar-refractivity contribution in [2.45, 2.75) is 0 Å². The van der Waals surface area contributed by atoms with Gasteiger partial charge in [-0.1, -0.05) is 84.9 Å². The standard InChI is InChI=1S/C34H24N4O8S2/c39-33-27-7-3-1-5-25(27)31(47(41,42)43)19-29(33)37-35-23-15-11-21(12-16-23)9-10-22-13-17-24(18-14-22)36-38-30-20-32(48(44,45)46)26-6-2-4-8-28(26)34(30)40/h1-20,35-36H,(H,41,42,43)(H,44,45,46). The third-order valence-corrected chi connectivity index (χ3v) is 9.12. The highest BCUT2D eigenvalue weighted by atomic mass is 32.2. The summed E-state index contributed by atoms with van der Waals surface area (Å²) >= 11 is 0. The van der Waals surface area contributed by atoms with E-state index in [0.717, 1.165) is 23.3 Å². The number of benzene rings is 4. The Morgan fingerprint density at radius 2 is 0.833 bits per heavy atom. The molecule has 4 aromatic rings. The molecular weight excluding hydrogens is 657 g/mol. The molecule has 0 amide bonds. The number of ketones is 2. The number of Topliss-reactive ketones (excluding diaryl/α,β-unsaturated/α-hetero) is 2. The molecule has 0 atom stereocenters. The summed E-state index contributed by atoms with van der Waals surface area (Å²) in [6.45, 7) is 0. The molecule has 0 heterocycles. The lowest BCUT2D eigenvalue weighted by Crippen LogP contribution is -2.22. The average molecular weight is 681 g/mol. The van der Waals surface area contributed by atoms with Gasteiger partial charge >= 0.3 is 0 Å². The molecule has 48 heavy (non-hydrogen) atoms. The summed E-state index contributed by atoms with van der Waals surface area (Å²) in [4.78, 5) is 24.9. The van der Waals surface area contributed by atoms with Crippen LogP contribution >= 0.6 is 0 Å². The highest BCUT2D eigenvalue weighted by Gasteiger charge is 2.31. The van der Waals surface area contributed by atoms with Gasteiger partial charge in [-0.2, -0.15) is 27.0 Å². The predicted octanol–water partition coefficient (Wildman–Crippen LogP) is 5.64. The Hall–Kier alpha value is -5.80. The van der Waals surface area contributed by atoms with E-state index in [0.29, 0.717) is 11.4 Å². The number of hydrazone groups is 2. The van der Waals surface area contributed by atoms with Crippen molar-refractivity contribution in [3.63, 3.8) is 0 Å². The van der Waals surface area contributed by atoms with Crippen LogP contribution < -0.4 is 10.9 Å². The van der Waals surface area contributed by atoms with E-state index in [4.69, 9.17) is 0 Å². The normalized spacial score (nSPS) is 16.4. The topological polar surface area (TPSA) is 192 Å². The molecule has 0 bridgehead atoms. The van der Waals surface area contributed by atoms with Gasteiger partial charge in [-0.3, -0.25) is 29.5 Å². The summed E-state index contributed by atoms with van der Waals surface area (Å²) < 4.78 is 67.0. The van der Waals surface area contributed by atoms with Crippen LogP contribution in [0.5, 0.6) is 0 Å². The highest BCUT2D eigenvalue weighted by Crippen LogP contribution is 2.30. The van der Waals surface area contributed by atoms with Gasteiger partial charge in [0, 0.05) is 22.3 Å². The van der Waals surface area contributed by atoms with E-state index in [-0.39, 0.29) is 33.7 Å². The fourth-order valence-electron chi connectivity index (χ4n) is 4.98. The second-order valence-electron chi connectivity index (χ2n) is 10.5. The van der Waals surface area contributed by atoms with Crippen molar-refractivity contribution in [3.8, 4) is 0 Å². The van der Waals surface area contributed by atoms with Crippen LogP contribution in [0, 0.1) is 0 Å². The number of carbonyl (C=O) groups is 2. The van der Waals surface area contributed by atoms with E-state index in [1.807, 2.05) is 12.2 Å². The van der Waals surface area contributed by atoms with Gasteiger partial charge in [0.1, 0.15) is 21.2 Å². The van der Waals surface area contributed by atoms with Crippen molar-refractivity contribution in [1.82, 2.24) is 0 Å². The Morgan fingerprint density at radius 1 is 0.500 bits per heavy atom. The van der Waals surface area contributed by atoms with Gasteiger partial charge in [0.15, 0.2) is 0 Å². The lowest BCUT2D eigenvalue weighted by Gasteiger charge is -2.16. The quantitative estimate of drug-likeness (QED) is 0.103. The van der Waals surface area contributed by atoms with Crippen LogP contribution in [0.15, 0.2) is 119 Å². The lowest BCUT2D eigenvalue weighted by molar-refractivity contribution is 0.105. The number of nitrogens with zero attached hydrogens (tertiary/aromatic N) is 2. The molecule has 2 aliphatic carbocycles. The highest BCUT2D eigenvalue weighted by molar-refractivity contribution is 7.95. The molecular formula is C34H24N4O8S2. The van der Waals surface area contributed by atoms with Gasteiger partial charge in [-0.05, 0) is 47.5 Å². The number of hydrogen-bond donors (Lipinski definition) is 4. The summed E-state index contributed by atoms with van der Waals surface area (Å²) in [6.07, 6.45) is 5.79. The first-order valence-corrected chi connectivity index (χ1v) is 17.0. The zero-order chi connectivity index (χ0) is 34.1. The zero-order valence-electron chi connectivity index (χ0n) is 24.6. The van der Waals surface area contributed by atoms with Crippen molar-refractivity contribution < 1.29 is 35.5 Å². The molecule has 14 heteroatoms. The van der Waals surface area contributed by atoms with Crippen molar-refractivity contribution >= 4 is 76.6 Å². The predicted molar refractivity (Wildman–Crippen MR) is 185 cm³/mol. The number of carbonyl (C=O) groups excluding carboxylic acids is 2. The summed E-state index contributed by atoms with van der Waals surface area (Å²) in [5.74, 6) is -0.981. The second-order valence-corrected chi connectivity index (χ2v) is 13.3. The molecule has 0 unspecified atom stereocenters. The SMILES string of the molecule is O=C1C(=NNc2ccc(C=Cc3ccc(NN=C4C=C(S(=O)(=O)O)c5ccccc5C4=O)cc3)cc2)C=C(S(=O)(=O)O)c2ccccc21. The molecule has 0 aromatic heterocycles. The molecule has 0 fully saturated rings. The smallest absolute Gasteiger partial charge is 0.287 e. The van der Waals surface area contributed by atoms with Crippen LogP contribution in [0.25, 0.3) is 22.0 Å². The molecule has 0 saturated carbocycles. The van der Waals surface area contributed by atoms with Crippen molar-refractivity contribution in [2.75, 3.05) is 10.9 Å². The van der Waals surface area contributed by atoms with E-state index in [9.17, 15) is 35.5 Å². The first kappa shape index (κ1) is 32.2. The van der Waals surface area contributed by atoms with E-state index >= 15 is 0 Å². The first-order chi connectivity index (χ1) is 22.9. The van der Waals surface area contributed by atoms with Crippen molar-refractivity contribution in [1.29, 1.82) is 0 Å². The van der Waals surface area contributed by atoms with Gasteiger partial charge in [0.25, 0.3) is 20.2 Å². The van der Waals surface area contributed by atoms with Gasteiger partial charge in [-0.15, -0.1) is 0 Å². The maximum atomic E-state index is 12.9. The third-order valence-electron chi connectivity index (χ3n) is 7.33. The minimum atomic E-state index is -4.60. The number of anilines is 2. The molecule has 0 radical (unpaired) electrons. The van der Waals surface area contributed by atoms with Crippen molar-refractivity contribution in [2.24, 2.45) is 10.2 Å². The average Bonchev–Trinajstić information content (AvgIpc) is 3.07. The van der Waals surface area contributed by atoms with E-state index < -0.39 is 41.6 Å². The summed E-state index contributed by atoms with van der Waals surface area (Å²) in [6, 6.07) is 26.2. The van der Waals surface area contributed by atoms with Gasteiger partial charge in [0.2, 0.25) is 11.6 Å². The Kier molecular flexibility index (Phi) is 8.56. The summed E-state index contributed by atoms with van der Waals surface area (Å²) in [7, 11) is -9.20. The Balaban J connectivity index is 1.11. The fourth-order valence-corrected chi connectivity index (χ4v) is 6.41. The van der Waals surface area contributed by atoms with E-state index in [2.05, 4.69) is 21.1 Å². The van der Waals surface area contributed by atoms with Crippen LogP contribution in [-0.2, 0) is 20.2 Å². The van der Waals surface area contributed by atoms with Crippen LogP contribution in [0.1, 0.15) is 43.0 Å². The lowest BCUT2D eigenvalue weighted by atomic mass is 9.95. The first-order valence-electron chi connectivity index (χ1n) is 14.1. The molecule has 0 saturated heterocycles.